The molecule has 17 heavy (non-hydrogen) atoms. The third-order valence-electron chi connectivity index (χ3n) is 3.61. The molecule has 1 saturated carbocycles. The fourth-order valence-electron chi connectivity index (χ4n) is 2.67. The second-order valence-electron chi connectivity index (χ2n) is 6.04. The van der Waals surface area contributed by atoms with Gasteiger partial charge in [0.25, 0.3) is 0 Å². The zero-order valence-electron chi connectivity index (χ0n) is 11.3. The van der Waals surface area contributed by atoms with Crippen LogP contribution < -0.4 is 10.2 Å². The Bertz CT molecular complexity index is 385. The molecule has 0 amide bonds. The van der Waals surface area contributed by atoms with Crippen molar-refractivity contribution in [3.8, 4) is 0 Å². The van der Waals surface area contributed by atoms with E-state index < -0.39 is 0 Å². The summed E-state index contributed by atoms with van der Waals surface area (Å²) in [6.07, 6.45) is 7.59. The molecule has 0 radical (unpaired) electrons. The molecule has 1 aromatic rings. The van der Waals surface area contributed by atoms with Gasteiger partial charge in [-0.3, -0.25) is 4.98 Å². The maximum Gasteiger partial charge on any atom is 0.0766 e. The average molecular weight is 233 g/mol. The summed E-state index contributed by atoms with van der Waals surface area (Å²) >= 11 is 0. The molecule has 1 fully saturated rings. The Kier molecular flexibility index (Phi) is 3.27. The second kappa shape index (κ2) is 4.55. The molecule has 1 atom stereocenters. The van der Waals surface area contributed by atoms with Crippen LogP contribution in [0.4, 0.5) is 11.4 Å². The number of anilines is 2. The van der Waals surface area contributed by atoms with Gasteiger partial charge in [-0.1, -0.05) is 13.8 Å². The smallest absolute Gasteiger partial charge is 0.0766 e. The molecule has 0 saturated heterocycles. The van der Waals surface area contributed by atoms with Crippen molar-refractivity contribution >= 4 is 11.4 Å². The summed E-state index contributed by atoms with van der Waals surface area (Å²) in [4.78, 5) is 6.35. The lowest BCUT2D eigenvalue weighted by atomic mass is 9.92. The van der Waals surface area contributed by atoms with Crippen LogP contribution in [0.2, 0.25) is 0 Å². The van der Waals surface area contributed by atoms with E-state index in [2.05, 4.69) is 49.2 Å². The molecule has 94 valence electrons. The van der Waals surface area contributed by atoms with Gasteiger partial charge in [0.1, 0.15) is 0 Å². The zero-order chi connectivity index (χ0) is 12.5. The van der Waals surface area contributed by atoms with Crippen molar-refractivity contribution in [1.29, 1.82) is 0 Å². The normalized spacial score (nSPS) is 22.5. The van der Waals surface area contributed by atoms with E-state index in [0.29, 0.717) is 11.5 Å². The van der Waals surface area contributed by atoms with Gasteiger partial charge < -0.3 is 10.2 Å². The molecule has 1 aromatic heterocycles. The van der Waals surface area contributed by atoms with E-state index in [0.717, 1.165) is 5.69 Å². The molecule has 1 N–H and O–H groups in total. The highest BCUT2D eigenvalue weighted by Gasteiger charge is 2.31. The third-order valence-corrected chi connectivity index (χ3v) is 3.61. The molecule has 1 aliphatic rings. The van der Waals surface area contributed by atoms with Gasteiger partial charge in [0.2, 0.25) is 0 Å². The Hall–Kier alpha value is -1.25. The number of pyridine rings is 1. The van der Waals surface area contributed by atoms with Crippen molar-refractivity contribution in [1.82, 2.24) is 4.98 Å². The summed E-state index contributed by atoms with van der Waals surface area (Å²) in [5.74, 6) is 0. The Morgan fingerprint density at radius 1 is 1.41 bits per heavy atom. The predicted molar refractivity (Wildman–Crippen MR) is 73.6 cm³/mol. The van der Waals surface area contributed by atoms with Gasteiger partial charge in [0, 0.05) is 26.3 Å². The van der Waals surface area contributed by atoms with Crippen molar-refractivity contribution < 1.29 is 0 Å². The lowest BCUT2D eigenvalue weighted by Crippen LogP contribution is -2.20. The fraction of sp³-hybridized carbons (Fsp3) is 0.643. The van der Waals surface area contributed by atoms with E-state index in [1.54, 1.807) is 0 Å². The quantitative estimate of drug-likeness (QED) is 0.869. The van der Waals surface area contributed by atoms with Crippen LogP contribution >= 0.6 is 0 Å². The highest BCUT2D eigenvalue weighted by molar-refractivity contribution is 5.68. The van der Waals surface area contributed by atoms with E-state index in [1.165, 1.54) is 24.9 Å². The summed E-state index contributed by atoms with van der Waals surface area (Å²) in [6.45, 7) is 4.70. The molecular weight excluding hydrogens is 210 g/mol. The lowest BCUT2D eigenvalue weighted by Gasteiger charge is -2.22. The maximum atomic E-state index is 4.22. The molecule has 1 heterocycles. The Balaban J connectivity index is 2.09. The van der Waals surface area contributed by atoms with E-state index >= 15 is 0 Å². The molecule has 1 unspecified atom stereocenters. The first kappa shape index (κ1) is 12.2. The summed E-state index contributed by atoms with van der Waals surface area (Å²) in [5, 5.41) is 3.64. The number of hydrogen-bond donors (Lipinski definition) is 1. The first-order valence-electron chi connectivity index (χ1n) is 6.36. The molecule has 0 spiro atoms. The van der Waals surface area contributed by atoms with E-state index in [-0.39, 0.29) is 0 Å². The van der Waals surface area contributed by atoms with Crippen LogP contribution in [0.1, 0.15) is 33.1 Å². The van der Waals surface area contributed by atoms with Gasteiger partial charge in [-0.15, -0.1) is 0 Å². The van der Waals surface area contributed by atoms with Crippen molar-refractivity contribution in [2.45, 2.75) is 39.2 Å². The van der Waals surface area contributed by atoms with Gasteiger partial charge >= 0.3 is 0 Å². The monoisotopic (exact) mass is 233 g/mol. The van der Waals surface area contributed by atoms with Crippen LogP contribution in [0.3, 0.4) is 0 Å². The maximum absolute atomic E-state index is 4.22. The molecule has 3 nitrogen and oxygen atoms in total. The molecule has 2 rings (SSSR count). The SMILES string of the molecule is CN(C)c1ccncc1NC1CCC(C)(C)C1. The van der Waals surface area contributed by atoms with Gasteiger partial charge in [-0.25, -0.2) is 0 Å². The van der Waals surface area contributed by atoms with Crippen LogP contribution in [0.15, 0.2) is 18.5 Å². The van der Waals surface area contributed by atoms with Crippen LogP contribution in [-0.2, 0) is 0 Å². The number of hydrogen-bond acceptors (Lipinski definition) is 3. The minimum atomic E-state index is 0.484. The third kappa shape index (κ3) is 2.90. The number of nitrogens with one attached hydrogen (secondary N) is 1. The first-order valence-corrected chi connectivity index (χ1v) is 6.36. The summed E-state index contributed by atoms with van der Waals surface area (Å²) < 4.78 is 0. The fourth-order valence-corrected chi connectivity index (χ4v) is 2.67. The van der Waals surface area contributed by atoms with Gasteiger partial charge in [0.05, 0.1) is 17.6 Å². The van der Waals surface area contributed by atoms with Crippen molar-refractivity contribution in [3.05, 3.63) is 18.5 Å². The van der Waals surface area contributed by atoms with Crippen LogP contribution in [0.25, 0.3) is 0 Å². The van der Waals surface area contributed by atoms with Crippen molar-refractivity contribution in [2.24, 2.45) is 5.41 Å². The Morgan fingerprint density at radius 2 is 2.18 bits per heavy atom. The summed E-state index contributed by atoms with van der Waals surface area (Å²) in [5.41, 5.74) is 2.85. The topological polar surface area (TPSA) is 28.2 Å². The van der Waals surface area contributed by atoms with E-state index in [1.807, 2.05) is 12.4 Å². The molecule has 0 aromatic carbocycles. The minimum absolute atomic E-state index is 0.484. The van der Waals surface area contributed by atoms with Gasteiger partial charge in [-0.05, 0) is 30.7 Å². The first-order chi connectivity index (χ1) is 7.98. The predicted octanol–water partition coefficient (Wildman–Crippen LogP) is 3.14. The zero-order valence-corrected chi connectivity index (χ0v) is 11.3. The van der Waals surface area contributed by atoms with Gasteiger partial charge in [0.15, 0.2) is 0 Å². The number of nitrogens with zero attached hydrogens (tertiary/aromatic N) is 2. The van der Waals surface area contributed by atoms with E-state index in [9.17, 15) is 0 Å². The Labute approximate surface area is 104 Å². The lowest BCUT2D eigenvalue weighted by molar-refractivity contribution is 0.378. The van der Waals surface area contributed by atoms with Gasteiger partial charge in [-0.2, -0.15) is 0 Å². The van der Waals surface area contributed by atoms with Crippen LogP contribution in [-0.4, -0.2) is 25.1 Å². The average Bonchev–Trinajstić information content (AvgIpc) is 2.58. The van der Waals surface area contributed by atoms with Crippen molar-refractivity contribution in [2.75, 3.05) is 24.3 Å². The minimum Gasteiger partial charge on any atom is -0.379 e. The highest BCUT2D eigenvalue weighted by atomic mass is 15.1. The molecule has 3 heteroatoms. The van der Waals surface area contributed by atoms with Crippen molar-refractivity contribution in [3.63, 3.8) is 0 Å². The standard InChI is InChI=1S/C14H23N3/c1-14(2)7-5-11(9-14)16-12-10-15-8-6-13(12)17(3)4/h6,8,10-11,16H,5,7,9H2,1-4H3. The molecule has 0 bridgehead atoms. The summed E-state index contributed by atoms with van der Waals surface area (Å²) in [7, 11) is 4.14. The summed E-state index contributed by atoms with van der Waals surface area (Å²) in [6, 6.07) is 2.65. The van der Waals surface area contributed by atoms with Crippen LogP contribution in [0, 0.1) is 5.41 Å². The number of aromatic nitrogens is 1. The molecule has 0 aliphatic heterocycles. The molecule has 1 aliphatic carbocycles. The van der Waals surface area contributed by atoms with E-state index in [4.69, 9.17) is 0 Å². The Morgan fingerprint density at radius 3 is 2.76 bits per heavy atom. The highest BCUT2D eigenvalue weighted by Crippen LogP contribution is 2.39. The number of rotatable bonds is 3. The second-order valence-corrected chi connectivity index (χ2v) is 6.04. The molecular formula is C14H23N3. The largest absolute Gasteiger partial charge is 0.379 e. The van der Waals surface area contributed by atoms with Crippen LogP contribution in [0.5, 0.6) is 0 Å².